The van der Waals surface area contributed by atoms with E-state index in [9.17, 15) is 23.8 Å². The van der Waals surface area contributed by atoms with Gasteiger partial charge in [-0.05, 0) is 6.92 Å². The van der Waals surface area contributed by atoms with Crippen molar-refractivity contribution in [2.75, 3.05) is 12.4 Å². The molecular formula is C15H17F2N5O4. The maximum absolute atomic E-state index is 14.3. The molecule has 140 valence electrons. The number of hydrogen-bond donors (Lipinski definition) is 5. The smallest absolute Gasteiger partial charge is 0.264 e. The van der Waals surface area contributed by atoms with Crippen molar-refractivity contribution in [2.45, 2.75) is 37.0 Å². The second-order valence-electron chi connectivity index (χ2n) is 6.04. The highest BCUT2D eigenvalue weighted by Crippen LogP contribution is 2.39. The number of anilines is 1. The number of nitrogen functional groups attached to an aromatic ring is 1. The number of ether oxygens (including phenoxy) is 1. The Morgan fingerprint density at radius 2 is 2.31 bits per heavy atom. The molecule has 0 aliphatic carbocycles. The van der Waals surface area contributed by atoms with Crippen LogP contribution in [0.4, 0.5) is 14.7 Å². The summed E-state index contributed by atoms with van der Waals surface area (Å²) in [4.78, 5) is 18.0. The van der Waals surface area contributed by atoms with Crippen LogP contribution in [0.25, 0.3) is 11.0 Å². The first kappa shape index (κ1) is 18.3. The van der Waals surface area contributed by atoms with E-state index >= 15 is 0 Å². The molecule has 1 saturated heterocycles. The molecular weight excluding hydrogens is 352 g/mol. The molecule has 0 amide bonds. The summed E-state index contributed by atoms with van der Waals surface area (Å²) >= 11 is 0. The van der Waals surface area contributed by atoms with Crippen molar-refractivity contribution < 1.29 is 23.7 Å². The Hall–Kier alpha value is -2.52. The van der Waals surface area contributed by atoms with Gasteiger partial charge in [0.15, 0.2) is 23.2 Å². The molecule has 11 heteroatoms. The summed E-state index contributed by atoms with van der Waals surface area (Å²) in [6, 6.07) is 0. The fraction of sp³-hybridized carbons (Fsp3) is 0.467. The van der Waals surface area contributed by atoms with Crippen LogP contribution in [-0.4, -0.2) is 55.3 Å². The van der Waals surface area contributed by atoms with E-state index in [1.165, 1.54) is 6.92 Å². The van der Waals surface area contributed by atoms with E-state index in [-0.39, 0.29) is 11.6 Å². The summed E-state index contributed by atoms with van der Waals surface area (Å²) in [6.07, 6.45) is -4.33. The molecule has 3 rings (SSSR count). The molecule has 3 heterocycles. The van der Waals surface area contributed by atoms with Gasteiger partial charge in [0.2, 0.25) is 5.95 Å². The lowest BCUT2D eigenvalue weighted by Gasteiger charge is -2.28. The SMILES string of the molecule is C[C@H](O)[C@H]1O[C@@H](n2cc(F)c3c(=O)[nH]c(N)nc32)C(N)(C#CCF)[C@H]1O. The van der Waals surface area contributed by atoms with Gasteiger partial charge in [0.25, 0.3) is 5.56 Å². The fourth-order valence-corrected chi connectivity index (χ4v) is 3.06. The number of aliphatic hydroxyl groups excluding tert-OH is 2. The molecule has 7 N–H and O–H groups in total. The van der Waals surface area contributed by atoms with E-state index in [4.69, 9.17) is 16.2 Å². The van der Waals surface area contributed by atoms with E-state index in [1.54, 1.807) is 0 Å². The summed E-state index contributed by atoms with van der Waals surface area (Å²) in [6.45, 7) is 0.317. The van der Waals surface area contributed by atoms with Gasteiger partial charge in [0, 0.05) is 6.20 Å². The quantitative estimate of drug-likeness (QED) is 0.415. The van der Waals surface area contributed by atoms with Gasteiger partial charge < -0.3 is 26.4 Å². The van der Waals surface area contributed by atoms with Crippen LogP contribution < -0.4 is 17.0 Å². The third kappa shape index (κ3) is 2.63. The second-order valence-corrected chi connectivity index (χ2v) is 6.04. The van der Waals surface area contributed by atoms with Crippen LogP contribution in [0.1, 0.15) is 13.2 Å². The Kier molecular flexibility index (Phi) is 4.45. The van der Waals surface area contributed by atoms with Crippen molar-refractivity contribution in [3.8, 4) is 11.8 Å². The minimum absolute atomic E-state index is 0.191. The summed E-state index contributed by atoms with van der Waals surface area (Å²) in [5, 5.41) is 19.9. The Bertz CT molecular complexity index is 963. The highest BCUT2D eigenvalue weighted by molar-refractivity contribution is 5.77. The second kappa shape index (κ2) is 6.33. The first-order chi connectivity index (χ1) is 12.2. The first-order valence-corrected chi connectivity index (χ1v) is 7.63. The number of H-pyrrole nitrogens is 1. The topological polar surface area (TPSA) is 152 Å². The molecule has 1 unspecified atom stereocenters. The zero-order valence-electron chi connectivity index (χ0n) is 13.6. The van der Waals surface area contributed by atoms with Crippen molar-refractivity contribution in [1.29, 1.82) is 0 Å². The van der Waals surface area contributed by atoms with Crippen LogP contribution in [0.3, 0.4) is 0 Å². The van der Waals surface area contributed by atoms with E-state index in [0.29, 0.717) is 0 Å². The number of aromatic amines is 1. The number of aromatic nitrogens is 3. The zero-order valence-corrected chi connectivity index (χ0v) is 13.6. The highest BCUT2D eigenvalue weighted by Gasteiger charge is 2.56. The number of rotatable bonds is 2. The summed E-state index contributed by atoms with van der Waals surface area (Å²) in [7, 11) is 0. The molecule has 2 aromatic heterocycles. The van der Waals surface area contributed by atoms with E-state index in [0.717, 1.165) is 10.8 Å². The largest absolute Gasteiger partial charge is 0.391 e. The average Bonchev–Trinajstić information content (AvgIpc) is 3.01. The van der Waals surface area contributed by atoms with Gasteiger partial charge in [-0.2, -0.15) is 4.98 Å². The number of nitrogens with two attached hydrogens (primary N) is 2. The number of nitrogens with zero attached hydrogens (tertiary/aromatic N) is 2. The van der Waals surface area contributed by atoms with Crippen LogP contribution >= 0.6 is 0 Å². The summed E-state index contributed by atoms with van der Waals surface area (Å²) in [5.74, 6) is 3.29. The zero-order chi connectivity index (χ0) is 19.2. The fourth-order valence-electron chi connectivity index (χ4n) is 3.06. The minimum Gasteiger partial charge on any atom is -0.391 e. The normalized spacial score (nSPS) is 29.5. The molecule has 1 fully saturated rings. The number of nitrogens with one attached hydrogen (secondary N) is 1. The molecule has 0 bridgehead atoms. The molecule has 0 radical (unpaired) electrons. The van der Waals surface area contributed by atoms with Crippen molar-refractivity contribution >= 4 is 17.0 Å². The minimum atomic E-state index is -1.90. The molecule has 9 nitrogen and oxygen atoms in total. The molecule has 2 aromatic rings. The van der Waals surface area contributed by atoms with Crippen molar-refractivity contribution in [2.24, 2.45) is 5.73 Å². The first-order valence-electron chi connectivity index (χ1n) is 7.63. The number of halogens is 2. The van der Waals surface area contributed by atoms with Crippen LogP contribution in [-0.2, 0) is 4.74 Å². The summed E-state index contributed by atoms with van der Waals surface area (Å²) in [5.41, 5.74) is 8.76. The lowest BCUT2D eigenvalue weighted by atomic mass is 9.90. The third-order valence-electron chi connectivity index (χ3n) is 4.25. The van der Waals surface area contributed by atoms with Gasteiger partial charge in [0.05, 0.1) is 6.10 Å². The Morgan fingerprint density at radius 1 is 1.62 bits per heavy atom. The molecule has 0 saturated carbocycles. The van der Waals surface area contributed by atoms with Gasteiger partial charge in [0.1, 0.15) is 24.3 Å². The lowest BCUT2D eigenvalue weighted by molar-refractivity contribution is -0.0756. The number of hydrogen-bond acceptors (Lipinski definition) is 7. The Balaban J connectivity index is 2.24. The molecule has 1 aliphatic rings. The lowest BCUT2D eigenvalue weighted by Crippen LogP contribution is -2.54. The average molecular weight is 369 g/mol. The molecule has 0 aromatic carbocycles. The molecule has 26 heavy (non-hydrogen) atoms. The van der Waals surface area contributed by atoms with Gasteiger partial charge in [-0.15, -0.1) is 0 Å². The number of alkyl halides is 1. The van der Waals surface area contributed by atoms with Crippen LogP contribution in [0.5, 0.6) is 0 Å². The maximum Gasteiger partial charge on any atom is 0.264 e. The van der Waals surface area contributed by atoms with Gasteiger partial charge in [-0.3, -0.25) is 14.3 Å². The monoisotopic (exact) mass is 369 g/mol. The van der Waals surface area contributed by atoms with Crippen LogP contribution in [0.15, 0.2) is 11.0 Å². The van der Waals surface area contributed by atoms with Crippen molar-refractivity contribution in [3.63, 3.8) is 0 Å². The van der Waals surface area contributed by atoms with Gasteiger partial charge in [-0.1, -0.05) is 11.8 Å². The predicted octanol–water partition coefficient (Wildman–Crippen LogP) is -1.24. The van der Waals surface area contributed by atoms with E-state index < -0.39 is 53.5 Å². The predicted molar refractivity (Wildman–Crippen MR) is 87.0 cm³/mol. The van der Waals surface area contributed by atoms with Gasteiger partial charge >= 0.3 is 0 Å². The molecule has 1 aliphatic heterocycles. The standard InChI is InChI=1S/C15H17F2N5O4/c1-6(23)9-10(24)15(19,3-2-4-16)13(26-9)22-5-7(17)8-11(22)20-14(18)21-12(8)25/h5-6,9-10,13,23-24H,4,19H2,1H3,(H3,18,20,21,25)/t6-,9+,10-,13+,15?/m0/s1. The number of aliphatic hydroxyl groups is 2. The van der Waals surface area contributed by atoms with Crippen molar-refractivity contribution in [3.05, 3.63) is 22.4 Å². The Morgan fingerprint density at radius 3 is 2.92 bits per heavy atom. The van der Waals surface area contributed by atoms with Crippen molar-refractivity contribution in [1.82, 2.24) is 14.5 Å². The maximum atomic E-state index is 14.3. The van der Waals surface area contributed by atoms with E-state index in [1.807, 2.05) is 0 Å². The molecule has 5 atom stereocenters. The number of fused-ring (bicyclic) bond motifs is 1. The molecule has 0 spiro atoms. The summed E-state index contributed by atoms with van der Waals surface area (Å²) < 4.78 is 33.5. The third-order valence-corrected chi connectivity index (χ3v) is 4.25. The Labute approximate surface area is 145 Å². The highest BCUT2D eigenvalue weighted by atomic mass is 19.1. The van der Waals surface area contributed by atoms with Crippen LogP contribution in [0, 0.1) is 17.7 Å². The van der Waals surface area contributed by atoms with Crippen LogP contribution in [0.2, 0.25) is 0 Å². The van der Waals surface area contributed by atoms with Gasteiger partial charge in [-0.25, -0.2) is 8.78 Å². The van der Waals surface area contributed by atoms with E-state index in [2.05, 4.69) is 21.8 Å².